The molecule has 0 amide bonds. The van der Waals surface area contributed by atoms with Gasteiger partial charge in [-0.1, -0.05) is 28.1 Å². The maximum absolute atomic E-state index is 11.2. The maximum atomic E-state index is 11.2. The van der Waals surface area contributed by atoms with Crippen LogP contribution in [-0.2, 0) is 17.8 Å². The van der Waals surface area contributed by atoms with Crippen molar-refractivity contribution in [2.45, 2.75) is 25.3 Å². The van der Waals surface area contributed by atoms with Gasteiger partial charge in [-0.15, -0.1) is 11.3 Å². The molecule has 2 aromatic rings. The number of benzene rings is 1. The van der Waals surface area contributed by atoms with E-state index in [1.807, 2.05) is 19.2 Å². The van der Waals surface area contributed by atoms with Gasteiger partial charge in [0.25, 0.3) is 0 Å². The van der Waals surface area contributed by atoms with Crippen molar-refractivity contribution in [3.63, 3.8) is 0 Å². The van der Waals surface area contributed by atoms with E-state index in [0.29, 0.717) is 6.42 Å². The molecule has 0 saturated carbocycles. The van der Waals surface area contributed by atoms with Gasteiger partial charge < -0.3 is 10.0 Å². The van der Waals surface area contributed by atoms with Crippen molar-refractivity contribution in [1.29, 1.82) is 0 Å². The van der Waals surface area contributed by atoms with Gasteiger partial charge in [0, 0.05) is 22.9 Å². The van der Waals surface area contributed by atoms with Gasteiger partial charge in [-0.05, 0) is 30.5 Å². The third-order valence-electron chi connectivity index (χ3n) is 3.66. The van der Waals surface area contributed by atoms with Crippen LogP contribution in [0.25, 0.3) is 0 Å². The van der Waals surface area contributed by atoms with Crippen LogP contribution in [0.3, 0.4) is 0 Å². The molecule has 1 heterocycles. The van der Waals surface area contributed by atoms with E-state index in [9.17, 15) is 9.90 Å². The predicted molar refractivity (Wildman–Crippen MR) is 87.1 cm³/mol. The van der Waals surface area contributed by atoms with Gasteiger partial charge in [0.05, 0.1) is 5.69 Å². The summed E-state index contributed by atoms with van der Waals surface area (Å²) in [5.41, 5.74) is 1.97. The molecule has 1 aliphatic carbocycles. The number of fused-ring (bicyclic) bond motifs is 1. The van der Waals surface area contributed by atoms with E-state index in [2.05, 4.69) is 37.9 Å². The van der Waals surface area contributed by atoms with Crippen LogP contribution < -0.4 is 4.90 Å². The van der Waals surface area contributed by atoms with Gasteiger partial charge in [0.15, 0.2) is 5.13 Å². The molecule has 4 nitrogen and oxygen atoms in total. The highest BCUT2D eigenvalue weighted by Gasteiger charge is 2.32. The molecule has 1 unspecified atom stereocenters. The SMILES string of the molecule is CN(Cc1ccc(Br)cc1)c1nc2c(s1)CCC2C(=O)O. The number of carbonyl (C=O) groups is 1. The number of rotatable bonds is 4. The predicted octanol–water partition coefficient (Wildman–Crippen LogP) is 3.66. The fourth-order valence-electron chi connectivity index (χ4n) is 2.55. The van der Waals surface area contributed by atoms with Crippen molar-refractivity contribution in [2.24, 2.45) is 0 Å². The van der Waals surface area contributed by atoms with Crippen LogP contribution in [0.1, 0.15) is 28.5 Å². The van der Waals surface area contributed by atoms with E-state index in [0.717, 1.165) is 33.1 Å². The first-order valence-corrected chi connectivity index (χ1v) is 8.33. The van der Waals surface area contributed by atoms with Crippen molar-refractivity contribution in [1.82, 2.24) is 4.98 Å². The molecule has 0 fully saturated rings. The Morgan fingerprint density at radius 1 is 1.48 bits per heavy atom. The average molecular weight is 367 g/mol. The van der Waals surface area contributed by atoms with Gasteiger partial charge in [-0.25, -0.2) is 4.98 Å². The summed E-state index contributed by atoms with van der Waals surface area (Å²) in [4.78, 5) is 19.0. The van der Waals surface area contributed by atoms with Crippen LogP contribution in [0.15, 0.2) is 28.7 Å². The minimum absolute atomic E-state index is 0.425. The first kappa shape index (κ1) is 14.5. The molecule has 0 bridgehead atoms. The Morgan fingerprint density at radius 3 is 2.86 bits per heavy atom. The van der Waals surface area contributed by atoms with Crippen molar-refractivity contribution in [3.8, 4) is 0 Å². The van der Waals surface area contributed by atoms with Gasteiger partial charge in [-0.2, -0.15) is 0 Å². The minimum Gasteiger partial charge on any atom is -0.481 e. The molecule has 1 N–H and O–H groups in total. The number of aliphatic carboxylic acids is 1. The Morgan fingerprint density at radius 2 is 2.19 bits per heavy atom. The Bertz CT molecular complexity index is 669. The number of anilines is 1. The number of aromatic nitrogens is 1. The van der Waals surface area contributed by atoms with Crippen LogP contribution in [-0.4, -0.2) is 23.1 Å². The zero-order chi connectivity index (χ0) is 15.0. The maximum Gasteiger partial charge on any atom is 0.312 e. The van der Waals surface area contributed by atoms with Crippen LogP contribution in [0.5, 0.6) is 0 Å². The van der Waals surface area contributed by atoms with E-state index in [-0.39, 0.29) is 0 Å². The second-order valence-electron chi connectivity index (χ2n) is 5.22. The lowest BCUT2D eigenvalue weighted by Gasteiger charge is -2.16. The molecule has 110 valence electrons. The van der Waals surface area contributed by atoms with Gasteiger partial charge >= 0.3 is 5.97 Å². The van der Waals surface area contributed by atoms with Crippen LogP contribution in [0.2, 0.25) is 0 Å². The largest absolute Gasteiger partial charge is 0.481 e. The Balaban J connectivity index is 1.77. The lowest BCUT2D eigenvalue weighted by atomic mass is 10.1. The molecule has 0 aliphatic heterocycles. The third kappa shape index (κ3) is 2.96. The number of thiazole rings is 1. The van der Waals surface area contributed by atoms with E-state index < -0.39 is 11.9 Å². The van der Waals surface area contributed by atoms with Crippen molar-refractivity contribution >= 4 is 38.4 Å². The number of hydrogen-bond acceptors (Lipinski definition) is 4. The lowest BCUT2D eigenvalue weighted by Crippen LogP contribution is -2.16. The molecule has 0 radical (unpaired) electrons. The molecule has 1 aromatic carbocycles. The molecule has 0 spiro atoms. The fourth-order valence-corrected chi connectivity index (χ4v) is 3.91. The van der Waals surface area contributed by atoms with Gasteiger partial charge in [0.2, 0.25) is 0 Å². The van der Waals surface area contributed by atoms with E-state index in [4.69, 9.17) is 0 Å². The molecule has 0 saturated heterocycles. The van der Waals surface area contributed by atoms with Crippen LogP contribution >= 0.6 is 27.3 Å². The first-order chi connectivity index (χ1) is 10.0. The van der Waals surface area contributed by atoms with Gasteiger partial charge in [0.1, 0.15) is 5.92 Å². The van der Waals surface area contributed by atoms with E-state index >= 15 is 0 Å². The van der Waals surface area contributed by atoms with Crippen LogP contribution in [0.4, 0.5) is 5.13 Å². The molecule has 21 heavy (non-hydrogen) atoms. The molecular formula is C15H15BrN2O2S. The summed E-state index contributed by atoms with van der Waals surface area (Å²) >= 11 is 5.04. The number of carboxylic acids is 1. The van der Waals surface area contributed by atoms with E-state index in [1.165, 1.54) is 5.56 Å². The molecule has 1 aliphatic rings. The Kier molecular flexibility index (Phi) is 3.99. The van der Waals surface area contributed by atoms with E-state index in [1.54, 1.807) is 11.3 Å². The number of halogens is 1. The number of hydrogen-bond donors (Lipinski definition) is 1. The van der Waals surface area contributed by atoms with Crippen molar-refractivity contribution in [2.75, 3.05) is 11.9 Å². The van der Waals surface area contributed by atoms with Gasteiger partial charge in [-0.3, -0.25) is 4.79 Å². The number of nitrogens with zero attached hydrogens (tertiary/aromatic N) is 2. The Hall–Kier alpha value is -1.40. The minimum atomic E-state index is -0.763. The summed E-state index contributed by atoms with van der Waals surface area (Å²) in [5.74, 6) is -1.19. The summed E-state index contributed by atoms with van der Waals surface area (Å²) in [5, 5.41) is 10.1. The number of carboxylic acid groups (broad SMARTS) is 1. The fraction of sp³-hybridized carbons (Fsp3) is 0.333. The zero-order valence-electron chi connectivity index (χ0n) is 11.5. The summed E-state index contributed by atoms with van der Waals surface area (Å²) in [6.07, 6.45) is 1.51. The van der Waals surface area contributed by atoms with Crippen LogP contribution in [0, 0.1) is 0 Å². The molecule has 1 aromatic heterocycles. The number of aryl methyl sites for hydroxylation is 1. The first-order valence-electron chi connectivity index (χ1n) is 6.72. The highest BCUT2D eigenvalue weighted by molar-refractivity contribution is 9.10. The quantitative estimate of drug-likeness (QED) is 0.896. The second kappa shape index (κ2) is 5.77. The molecule has 1 atom stereocenters. The second-order valence-corrected chi connectivity index (χ2v) is 7.19. The highest BCUT2D eigenvalue weighted by Crippen LogP contribution is 2.39. The molecule has 3 rings (SSSR count). The monoisotopic (exact) mass is 366 g/mol. The zero-order valence-corrected chi connectivity index (χ0v) is 13.9. The normalized spacial score (nSPS) is 16.8. The summed E-state index contributed by atoms with van der Waals surface area (Å²) in [7, 11) is 1.99. The molecule has 6 heteroatoms. The smallest absolute Gasteiger partial charge is 0.312 e. The average Bonchev–Trinajstić information content (AvgIpc) is 3.00. The highest BCUT2D eigenvalue weighted by atomic mass is 79.9. The van der Waals surface area contributed by atoms with Crippen molar-refractivity contribution in [3.05, 3.63) is 44.9 Å². The molecular weight excluding hydrogens is 352 g/mol. The lowest BCUT2D eigenvalue weighted by molar-refractivity contribution is -0.138. The van der Waals surface area contributed by atoms with Crippen molar-refractivity contribution < 1.29 is 9.90 Å². The summed E-state index contributed by atoms with van der Waals surface area (Å²) in [6, 6.07) is 8.18. The topological polar surface area (TPSA) is 53.4 Å². The Labute approximate surface area is 135 Å². The summed E-state index contributed by atoms with van der Waals surface area (Å²) < 4.78 is 1.06. The summed E-state index contributed by atoms with van der Waals surface area (Å²) in [6.45, 7) is 0.761. The third-order valence-corrected chi connectivity index (χ3v) is 5.44. The standard InChI is InChI=1S/C15H15BrN2O2S/c1-18(8-9-2-4-10(16)5-3-9)15-17-13-11(14(19)20)6-7-12(13)21-15/h2-5,11H,6-8H2,1H3,(H,19,20).